The summed E-state index contributed by atoms with van der Waals surface area (Å²) in [6.45, 7) is 6.23. The van der Waals surface area contributed by atoms with E-state index in [9.17, 15) is 18.3 Å². The minimum Gasteiger partial charge on any atom is -0.478 e. The molecule has 1 aromatic rings. The summed E-state index contributed by atoms with van der Waals surface area (Å²) in [5, 5.41) is 12.3. The first-order valence-corrected chi connectivity index (χ1v) is 8.69. The number of benzene rings is 1. The van der Waals surface area contributed by atoms with Crippen LogP contribution < -0.4 is 10.0 Å². The third kappa shape index (κ3) is 6.17. The van der Waals surface area contributed by atoms with E-state index in [1.54, 1.807) is 27.9 Å². The predicted molar refractivity (Wildman–Crippen MR) is 88.5 cm³/mol. The molecule has 1 aromatic carbocycles. The van der Waals surface area contributed by atoms with Crippen LogP contribution in [0.5, 0.6) is 0 Å². The Labute approximate surface area is 137 Å². The maximum Gasteiger partial charge on any atom is 0.337 e. The first-order chi connectivity index (χ1) is 10.6. The van der Waals surface area contributed by atoms with Gasteiger partial charge in [-0.25, -0.2) is 17.9 Å². The summed E-state index contributed by atoms with van der Waals surface area (Å²) in [6.07, 6.45) is 0.710. The van der Waals surface area contributed by atoms with Gasteiger partial charge >= 0.3 is 5.97 Å². The first-order valence-electron chi connectivity index (χ1n) is 7.21. The number of ether oxygens (including phenoxy) is 1. The van der Waals surface area contributed by atoms with Gasteiger partial charge in [-0.05, 0) is 45.4 Å². The summed E-state index contributed by atoms with van der Waals surface area (Å²) in [6, 6.07) is 4.02. The van der Waals surface area contributed by atoms with Crippen LogP contribution in [0.4, 0.5) is 5.69 Å². The van der Waals surface area contributed by atoms with Crippen molar-refractivity contribution in [1.82, 2.24) is 4.72 Å². The second-order valence-electron chi connectivity index (χ2n) is 6.14. The smallest absolute Gasteiger partial charge is 0.337 e. The highest BCUT2D eigenvalue weighted by Gasteiger charge is 2.24. The summed E-state index contributed by atoms with van der Waals surface area (Å²) in [7, 11) is -2.19. The molecule has 0 aliphatic heterocycles. The molecule has 0 saturated carbocycles. The van der Waals surface area contributed by atoms with Gasteiger partial charge in [0.25, 0.3) is 0 Å². The Hall–Kier alpha value is -1.64. The molecule has 0 bridgehead atoms. The van der Waals surface area contributed by atoms with Crippen LogP contribution in [-0.2, 0) is 14.8 Å². The Bertz CT molecular complexity index is 650. The summed E-state index contributed by atoms with van der Waals surface area (Å²) in [5.74, 6) is -1.19. The monoisotopic (exact) mass is 344 g/mol. The van der Waals surface area contributed by atoms with Gasteiger partial charge < -0.3 is 15.2 Å². The van der Waals surface area contributed by atoms with Gasteiger partial charge in [0.1, 0.15) is 0 Å². The van der Waals surface area contributed by atoms with E-state index >= 15 is 0 Å². The molecule has 8 heteroatoms. The molecular formula is C15H24N2O5S. The van der Waals surface area contributed by atoms with Crippen molar-refractivity contribution in [3.05, 3.63) is 23.8 Å². The Balaban J connectivity index is 3.06. The lowest BCUT2D eigenvalue weighted by molar-refractivity contribution is 0.0697. The van der Waals surface area contributed by atoms with Gasteiger partial charge in [-0.1, -0.05) is 0 Å². The van der Waals surface area contributed by atoms with Crippen molar-refractivity contribution in [2.75, 3.05) is 25.6 Å². The molecule has 23 heavy (non-hydrogen) atoms. The lowest BCUT2D eigenvalue weighted by atomic mass is 10.1. The molecule has 130 valence electrons. The highest BCUT2D eigenvalue weighted by molar-refractivity contribution is 7.89. The quantitative estimate of drug-likeness (QED) is 0.622. The molecule has 0 heterocycles. The zero-order valence-corrected chi connectivity index (χ0v) is 14.7. The van der Waals surface area contributed by atoms with E-state index in [2.05, 4.69) is 10.0 Å². The Kier molecular flexibility index (Phi) is 6.55. The fourth-order valence-electron chi connectivity index (χ4n) is 1.92. The van der Waals surface area contributed by atoms with E-state index in [1.807, 2.05) is 0 Å². The standard InChI is InChI=1S/C15H24N2O5S/c1-15(2,3)17-23(20,21)11-6-7-13(12(10-11)14(18)19)16-8-5-9-22-4/h6-7,10,16-17H,5,8-9H2,1-4H3,(H,18,19). The van der Waals surface area contributed by atoms with Gasteiger partial charge in [-0.3, -0.25) is 0 Å². The fraction of sp³-hybridized carbons (Fsp3) is 0.533. The van der Waals surface area contributed by atoms with E-state index in [1.165, 1.54) is 12.1 Å². The molecule has 0 atom stereocenters. The zero-order chi connectivity index (χ0) is 17.7. The molecule has 0 aliphatic carbocycles. The topological polar surface area (TPSA) is 105 Å². The number of methoxy groups -OCH3 is 1. The number of hydrogen-bond acceptors (Lipinski definition) is 5. The molecule has 0 aliphatic rings. The number of hydrogen-bond donors (Lipinski definition) is 3. The Morgan fingerprint density at radius 3 is 2.48 bits per heavy atom. The number of carboxylic acids is 1. The second-order valence-corrected chi connectivity index (χ2v) is 7.82. The van der Waals surface area contributed by atoms with E-state index in [-0.39, 0.29) is 10.5 Å². The molecule has 0 unspecified atom stereocenters. The fourth-order valence-corrected chi connectivity index (χ4v) is 3.37. The Morgan fingerprint density at radius 1 is 1.30 bits per heavy atom. The van der Waals surface area contributed by atoms with Crippen molar-refractivity contribution >= 4 is 21.7 Å². The zero-order valence-electron chi connectivity index (χ0n) is 13.8. The number of rotatable bonds is 8. The van der Waals surface area contributed by atoms with E-state index in [4.69, 9.17) is 4.74 Å². The van der Waals surface area contributed by atoms with Crippen molar-refractivity contribution in [1.29, 1.82) is 0 Å². The normalized spacial score (nSPS) is 12.2. The third-order valence-electron chi connectivity index (χ3n) is 2.81. The third-order valence-corrected chi connectivity index (χ3v) is 4.57. The summed E-state index contributed by atoms with van der Waals surface area (Å²) >= 11 is 0. The second kappa shape index (κ2) is 7.76. The predicted octanol–water partition coefficient (Wildman–Crippen LogP) is 1.91. The highest BCUT2D eigenvalue weighted by Crippen LogP contribution is 2.22. The molecular weight excluding hydrogens is 320 g/mol. The highest BCUT2D eigenvalue weighted by atomic mass is 32.2. The maximum atomic E-state index is 12.3. The van der Waals surface area contributed by atoms with Crippen molar-refractivity contribution in [2.45, 2.75) is 37.6 Å². The number of nitrogens with one attached hydrogen (secondary N) is 2. The van der Waals surface area contributed by atoms with Gasteiger partial charge in [0, 0.05) is 31.5 Å². The van der Waals surface area contributed by atoms with E-state index in [0.29, 0.717) is 25.3 Å². The molecule has 7 nitrogen and oxygen atoms in total. The van der Waals surface area contributed by atoms with Crippen LogP contribution in [0.15, 0.2) is 23.1 Å². The van der Waals surface area contributed by atoms with Crippen molar-refractivity contribution in [2.24, 2.45) is 0 Å². The molecule has 0 saturated heterocycles. The molecule has 3 N–H and O–H groups in total. The van der Waals surface area contributed by atoms with Crippen molar-refractivity contribution in [3.8, 4) is 0 Å². The number of aromatic carboxylic acids is 1. The number of sulfonamides is 1. The lowest BCUT2D eigenvalue weighted by Crippen LogP contribution is -2.40. The van der Waals surface area contributed by atoms with E-state index < -0.39 is 21.5 Å². The van der Waals surface area contributed by atoms with Crippen LogP contribution in [-0.4, -0.2) is 45.3 Å². The van der Waals surface area contributed by atoms with Crippen LogP contribution in [0, 0.1) is 0 Å². The molecule has 0 radical (unpaired) electrons. The average molecular weight is 344 g/mol. The average Bonchev–Trinajstić information content (AvgIpc) is 2.40. The van der Waals surface area contributed by atoms with Gasteiger partial charge in [0.2, 0.25) is 10.0 Å². The first kappa shape index (κ1) is 19.4. The van der Waals surface area contributed by atoms with Crippen LogP contribution in [0.3, 0.4) is 0 Å². The lowest BCUT2D eigenvalue weighted by Gasteiger charge is -2.21. The van der Waals surface area contributed by atoms with Crippen LogP contribution in [0.2, 0.25) is 0 Å². The minimum absolute atomic E-state index is 0.0766. The van der Waals surface area contributed by atoms with Crippen LogP contribution >= 0.6 is 0 Å². The van der Waals surface area contributed by atoms with Crippen LogP contribution in [0.25, 0.3) is 0 Å². The summed E-state index contributed by atoms with van der Waals surface area (Å²) in [4.78, 5) is 11.3. The van der Waals surface area contributed by atoms with Gasteiger partial charge in [0.05, 0.1) is 10.5 Å². The number of carbonyl (C=O) groups is 1. The molecule has 0 fully saturated rings. The molecule has 0 aromatic heterocycles. The largest absolute Gasteiger partial charge is 0.478 e. The minimum atomic E-state index is -3.78. The Morgan fingerprint density at radius 2 is 1.96 bits per heavy atom. The van der Waals surface area contributed by atoms with Crippen molar-refractivity contribution in [3.63, 3.8) is 0 Å². The number of carboxylic acid groups (broad SMARTS) is 1. The summed E-state index contributed by atoms with van der Waals surface area (Å²) in [5.41, 5.74) is -0.359. The molecule has 0 amide bonds. The van der Waals surface area contributed by atoms with Crippen LogP contribution in [0.1, 0.15) is 37.6 Å². The maximum absolute atomic E-state index is 12.3. The summed E-state index contributed by atoms with van der Waals surface area (Å²) < 4.78 is 32.0. The SMILES string of the molecule is COCCCNc1ccc(S(=O)(=O)NC(C)(C)C)cc1C(=O)O. The van der Waals surface area contributed by atoms with Crippen molar-refractivity contribution < 1.29 is 23.1 Å². The molecule has 1 rings (SSSR count). The van der Waals surface area contributed by atoms with Gasteiger partial charge in [-0.15, -0.1) is 0 Å². The molecule has 0 spiro atoms. The van der Waals surface area contributed by atoms with E-state index in [0.717, 1.165) is 6.07 Å². The number of anilines is 1. The van der Waals surface area contributed by atoms with Gasteiger partial charge in [0.15, 0.2) is 0 Å². The van der Waals surface area contributed by atoms with Gasteiger partial charge in [-0.2, -0.15) is 0 Å².